The fourth-order valence-electron chi connectivity index (χ4n) is 3.97. The third kappa shape index (κ3) is 5.47. The summed E-state index contributed by atoms with van der Waals surface area (Å²) in [7, 11) is 0. The molecule has 0 amide bonds. The minimum Gasteiger partial charge on any atom is -0.461 e. The molecule has 0 unspecified atom stereocenters. The van der Waals surface area contributed by atoms with Crippen molar-refractivity contribution in [3.8, 4) is 0 Å². The Kier molecular flexibility index (Phi) is 8.47. The summed E-state index contributed by atoms with van der Waals surface area (Å²) in [5.41, 5.74) is 2.91. The Bertz CT molecular complexity index is 1180. The van der Waals surface area contributed by atoms with Gasteiger partial charge >= 0.3 is 5.97 Å². The first-order valence-corrected chi connectivity index (χ1v) is 12.8. The van der Waals surface area contributed by atoms with Gasteiger partial charge in [0.25, 0.3) is 0 Å². The lowest BCUT2D eigenvalue weighted by atomic mass is 9.77. The summed E-state index contributed by atoms with van der Waals surface area (Å²) in [5.74, 6) is -0.564. The van der Waals surface area contributed by atoms with Crippen LogP contribution >= 0.6 is 11.3 Å². The zero-order valence-corrected chi connectivity index (χ0v) is 21.2. The first-order chi connectivity index (χ1) is 17.7. The lowest BCUT2D eigenvalue weighted by Crippen LogP contribution is -2.38. The maximum atomic E-state index is 12.6. The quantitative estimate of drug-likeness (QED) is 0.0869. The molecule has 0 spiro atoms. The third-order valence-electron chi connectivity index (χ3n) is 5.58. The highest BCUT2D eigenvalue weighted by atomic mass is 32.1. The number of carbonyl (C=O) groups excluding carboxylic acids is 1. The van der Waals surface area contributed by atoms with E-state index in [1.807, 2.05) is 61.5 Å². The van der Waals surface area contributed by atoms with Crippen LogP contribution in [0.4, 0.5) is 5.13 Å². The number of hydrogen-bond acceptors (Lipinski definition) is 7. The zero-order chi connectivity index (χ0) is 25.2. The summed E-state index contributed by atoms with van der Waals surface area (Å²) in [4.78, 5) is 22.7. The number of hydrogen-bond donors (Lipinski definition) is 1. The van der Waals surface area contributed by atoms with E-state index >= 15 is 0 Å². The molecule has 0 fully saturated rings. The summed E-state index contributed by atoms with van der Waals surface area (Å²) >= 11 is 1.40. The van der Waals surface area contributed by atoms with E-state index in [1.54, 1.807) is 12.3 Å². The van der Waals surface area contributed by atoms with Crippen LogP contribution in [0.15, 0.2) is 102 Å². The van der Waals surface area contributed by atoms with Gasteiger partial charge in [-0.05, 0) is 30.0 Å². The Morgan fingerprint density at radius 3 is 1.89 bits per heavy atom. The number of thiazole rings is 1. The molecule has 1 N–H and O–H groups in total. The van der Waals surface area contributed by atoms with Crippen molar-refractivity contribution < 1.29 is 14.4 Å². The molecule has 0 aliphatic rings. The first kappa shape index (κ1) is 25.1. The van der Waals surface area contributed by atoms with E-state index in [0.717, 1.165) is 23.1 Å². The Labute approximate surface area is 215 Å². The largest absolute Gasteiger partial charge is 0.461 e. The standard InChI is InChI=1S/C29H29N3O3S/c1-3-20-35-32-26(27(33)34-4-2)25-21-36-28(30-25)31-29(22-14-8-5-9-15-22,23-16-10-6-11-17-23)24-18-12-7-13-19-24/h5-19,21H,3-4,20H2,1-2H3,(H,30,31). The number of nitrogens with one attached hydrogen (secondary N) is 1. The fraction of sp³-hybridized carbons (Fsp3) is 0.207. The van der Waals surface area contributed by atoms with Crippen LogP contribution in [0, 0.1) is 0 Å². The van der Waals surface area contributed by atoms with Crippen LogP contribution in [0.2, 0.25) is 0 Å². The van der Waals surface area contributed by atoms with E-state index in [4.69, 9.17) is 14.6 Å². The number of rotatable bonds is 11. The summed E-state index contributed by atoms with van der Waals surface area (Å²) in [6.45, 7) is 4.36. The highest BCUT2D eigenvalue weighted by Gasteiger charge is 2.37. The van der Waals surface area contributed by atoms with Crippen molar-refractivity contribution >= 4 is 28.1 Å². The third-order valence-corrected chi connectivity index (χ3v) is 6.34. The second kappa shape index (κ2) is 12.1. The molecule has 184 valence electrons. The second-order valence-electron chi connectivity index (χ2n) is 8.00. The van der Waals surface area contributed by atoms with E-state index in [9.17, 15) is 4.79 Å². The van der Waals surface area contributed by atoms with Crippen molar-refractivity contribution in [1.82, 2.24) is 4.98 Å². The highest BCUT2D eigenvalue weighted by Crippen LogP contribution is 2.40. The molecule has 0 atom stereocenters. The number of benzene rings is 3. The number of anilines is 1. The Balaban J connectivity index is 1.82. The van der Waals surface area contributed by atoms with Gasteiger partial charge in [0, 0.05) is 5.38 Å². The van der Waals surface area contributed by atoms with E-state index in [0.29, 0.717) is 17.4 Å². The number of oxime groups is 1. The van der Waals surface area contributed by atoms with Crippen LogP contribution in [0.3, 0.4) is 0 Å². The van der Waals surface area contributed by atoms with Gasteiger partial charge in [-0.25, -0.2) is 9.78 Å². The molecule has 7 heteroatoms. The van der Waals surface area contributed by atoms with Crippen LogP contribution in [-0.4, -0.2) is 29.9 Å². The minimum atomic E-state index is -0.723. The first-order valence-electron chi connectivity index (χ1n) is 12.0. The van der Waals surface area contributed by atoms with Gasteiger partial charge < -0.3 is 14.9 Å². The Hall–Kier alpha value is -3.97. The molecule has 0 radical (unpaired) electrons. The van der Waals surface area contributed by atoms with Crippen LogP contribution in [0.5, 0.6) is 0 Å². The zero-order valence-electron chi connectivity index (χ0n) is 20.4. The van der Waals surface area contributed by atoms with Crippen LogP contribution < -0.4 is 5.32 Å². The molecule has 1 aromatic heterocycles. The molecular weight excluding hydrogens is 470 g/mol. The van der Waals surface area contributed by atoms with Gasteiger partial charge in [-0.3, -0.25) is 0 Å². The Morgan fingerprint density at radius 2 is 1.42 bits per heavy atom. The monoisotopic (exact) mass is 499 g/mol. The van der Waals surface area contributed by atoms with Crippen molar-refractivity contribution in [1.29, 1.82) is 0 Å². The van der Waals surface area contributed by atoms with Gasteiger partial charge in [-0.1, -0.05) is 103 Å². The molecule has 3 aromatic carbocycles. The highest BCUT2D eigenvalue weighted by molar-refractivity contribution is 7.14. The van der Waals surface area contributed by atoms with Crippen LogP contribution in [-0.2, 0) is 19.9 Å². The smallest absolute Gasteiger partial charge is 0.362 e. The van der Waals surface area contributed by atoms with Crippen LogP contribution in [0.25, 0.3) is 0 Å². The second-order valence-corrected chi connectivity index (χ2v) is 8.86. The maximum absolute atomic E-state index is 12.6. The SMILES string of the molecule is CCCON=C(C(=O)OCC)c1csc(NC(c2ccccc2)(c2ccccc2)c2ccccc2)n1. The van der Waals surface area contributed by atoms with Crippen molar-refractivity contribution in [2.75, 3.05) is 18.5 Å². The number of ether oxygens (including phenoxy) is 1. The molecule has 1 heterocycles. The summed E-state index contributed by atoms with van der Waals surface area (Å²) in [5, 5.41) is 10.2. The number of esters is 1. The maximum Gasteiger partial charge on any atom is 0.362 e. The van der Waals surface area contributed by atoms with Gasteiger partial charge in [0.2, 0.25) is 5.71 Å². The lowest BCUT2D eigenvalue weighted by Gasteiger charge is -2.36. The fourth-order valence-corrected chi connectivity index (χ4v) is 4.72. The van der Waals surface area contributed by atoms with Crippen LogP contribution in [0.1, 0.15) is 42.7 Å². The molecule has 0 saturated heterocycles. The van der Waals surface area contributed by atoms with Crippen molar-refractivity contribution in [2.45, 2.75) is 25.8 Å². The average Bonchev–Trinajstić information content (AvgIpc) is 3.39. The minimum absolute atomic E-state index is 0.0549. The van der Waals surface area contributed by atoms with Crippen molar-refractivity contribution in [3.05, 3.63) is 119 Å². The number of carbonyl (C=O) groups is 1. The lowest BCUT2D eigenvalue weighted by molar-refractivity contribution is -0.135. The van der Waals surface area contributed by atoms with E-state index in [2.05, 4.69) is 46.9 Å². The van der Waals surface area contributed by atoms with Gasteiger partial charge in [0.15, 0.2) is 5.13 Å². The topological polar surface area (TPSA) is 72.8 Å². The van der Waals surface area contributed by atoms with Gasteiger partial charge in [-0.2, -0.15) is 0 Å². The molecule has 0 aliphatic carbocycles. The van der Waals surface area contributed by atoms with E-state index in [1.165, 1.54) is 11.3 Å². The molecule has 4 aromatic rings. The molecule has 6 nitrogen and oxygen atoms in total. The average molecular weight is 500 g/mol. The van der Waals surface area contributed by atoms with Gasteiger partial charge in [0.05, 0.1) is 6.61 Å². The van der Waals surface area contributed by atoms with E-state index < -0.39 is 11.5 Å². The van der Waals surface area contributed by atoms with E-state index in [-0.39, 0.29) is 12.3 Å². The molecule has 36 heavy (non-hydrogen) atoms. The molecule has 4 rings (SSSR count). The summed E-state index contributed by atoms with van der Waals surface area (Å²) in [6, 6.07) is 30.8. The number of nitrogens with zero attached hydrogens (tertiary/aromatic N) is 2. The summed E-state index contributed by atoms with van der Waals surface area (Å²) < 4.78 is 5.20. The number of aromatic nitrogens is 1. The normalized spacial score (nSPS) is 11.7. The van der Waals surface area contributed by atoms with Gasteiger partial charge in [-0.15, -0.1) is 11.3 Å². The predicted molar refractivity (Wildman–Crippen MR) is 144 cm³/mol. The molecular formula is C29H29N3O3S. The Morgan fingerprint density at radius 1 is 0.889 bits per heavy atom. The molecule has 0 bridgehead atoms. The molecule has 0 saturated carbocycles. The summed E-state index contributed by atoms with van der Waals surface area (Å²) in [6.07, 6.45) is 0.775. The van der Waals surface area contributed by atoms with Crippen molar-refractivity contribution in [2.24, 2.45) is 5.16 Å². The van der Waals surface area contributed by atoms with Crippen molar-refractivity contribution in [3.63, 3.8) is 0 Å². The predicted octanol–water partition coefficient (Wildman–Crippen LogP) is 6.24. The molecule has 0 aliphatic heterocycles. The van der Waals surface area contributed by atoms with Gasteiger partial charge in [0.1, 0.15) is 17.8 Å².